The van der Waals surface area contributed by atoms with Crippen molar-refractivity contribution in [2.45, 2.75) is 33.3 Å². The molecule has 0 aromatic heterocycles. The van der Waals surface area contributed by atoms with Crippen LogP contribution in [-0.2, 0) is 9.53 Å². The minimum atomic E-state index is -0.390. The molecule has 0 atom stereocenters. The van der Waals surface area contributed by atoms with Gasteiger partial charge in [-0.1, -0.05) is 0 Å². The molecule has 0 rings (SSSR count). The largest absolute Gasteiger partial charge is 0.483 e. The first-order chi connectivity index (χ1) is 5.87. The van der Waals surface area contributed by atoms with Gasteiger partial charge in [0.25, 0.3) is 6.47 Å². The summed E-state index contributed by atoms with van der Waals surface area (Å²) >= 11 is 0. The second-order valence-electron chi connectivity index (χ2n) is 3.14. The van der Waals surface area contributed by atoms with Crippen molar-refractivity contribution in [3.05, 3.63) is 0 Å². The zero-order valence-electron chi connectivity index (χ0n) is 8.46. The van der Waals surface area contributed by atoms with Gasteiger partial charge < -0.3 is 15.2 Å². The number of alkyl carbamates (subject to hydrolysis) is 1. The number of hydrogen-bond acceptors (Lipinski definition) is 3. The maximum absolute atomic E-state index is 10.7. The second kappa shape index (κ2) is 7.39. The van der Waals surface area contributed by atoms with Gasteiger partial charge in [-0.15, -0.1) is 0 Å². The zero-order valence-corrected chi connectivity index (χ0v) is 8.46. The lowest BCUT2D eigenvalue weighted by atomic mass is 10.2. The lowest BCUT2D eigenvalue weighted by Gasteiger charge is -2.19. The molecule has 0 unspecified atom stereocenters. The number of carboxylic acid groups (broad SMARTS) is 1. The molecule has 0 radical (unpaired) electrons. The molecule has 0 spiro atoms. The van der Waals surface area contributed by atoms with Gasteiger partial charge in [0.15, 0.2) is 0 Å². The first-order valence-electron chi connectivity index (χ1n) is 3.92. The van der Waals surface area contributed by atoms with Crippen molar-refractivity contribution in [2.75, 3.05) is 6.54 Å². The summed E-state index contributed by atoms with van der Waals surface area (Å²) < 4.78 is 4.93. The molecule has 0 fully saturated rings. The Morgan fingerprint density at radius 2 is 1.92 bits per heavy atom. The van der Waals surface area contributed by atoms with E-state index < -0.39 is 0 Å². The summed E-state index contributed by atoms with van der Waals surface area (Å²) in [5.74, 6) is 0. The lowest BCUT2D eigenvalue weighted by Crippen LogP contribution is -2.32. The number of carbonyl (C=O) groups is 2. The van der Waals surface area contributed by atoms with Crippen LogP contribution >= 0.6 is 0 Å². The van der Waals surface area contributed by atoms with Crippen LogP contribution in [-0.4, -0.2) is 29.8 Å². The highest BCUT2D eigenvalue weighted by Gasteiger charge is 2.14. The van der Waals surface area contributed by atoms with Gasteiger partial charge in [-0.25, -0.2) is 4.79 Å². The molecule has 0 aliphatic carbocycles. The molecule has 0 saturated carbocycles. The van der Waals surface area contributed by atoms with Gasteiger partial charge in [0.2, 0.25) is 0 Å². The van der Waals surface area contributed by atoms with Crippen molar-refractivity contribution in [3.63, 3.8) is 0 Å². The first kappa shape index (κ1) is 14.3. The summed E-state index contributed by atoms with van der Waals surface area (Å²) in [6.07, 6.45) is -0.352. The number of rotatable bonds is 1. The SMILES string of the molecule is CCNC(=O)OC(C)(C)C.O=CO. The van der Waals surface area contributed by atoms with Crippen LogP contribution in [0.5, 0.6) is 0 Å². The second-order valence-corrected chi connectivity index (χ2v) is 3.14. The summed E-state index contributed by atoms with van der Waals surface area (Å²) in [5, 5.41) is 9.43. The topological polar surface area (TPSA) is 75.6 Å². The Bertz CT molecular complexity index is 151. The molecule has 0 aliphatic rings. The maximum Gasteiger partial charge on any atom is 0.407 e. The summed E-state index contributed by atoms with van der Waals surface area (Å²) in [7, 11) is 0. The van der Waals surface area contributed by atoms with Crippen LogP contribution in [0.2, 0.25) is 0 Å². The molecule has 0 aromatic carbocycles. The van der Waals surface area contributed by atoms with Crippen LogP contribution in [0, 0.1) is 0 Å². The predicted octanol–water partition coefficient (Wildman–Crippen LogP) is 1.23. The molecular weight excluding hydrogens is 174 g/mol. The van der Waals surface area contributed by atoms with E-state index in [1.165, 1.54) is 0 Å². The summed E-state index contributed by atoms with van der Waals surface area (Å²) in [6.45, 7) is 7.71. The van der Waals surface area contributed by atoms with E-state index >= 15 is 0 Å². The number of ether oxygens (including phenoxy) is 1. The van der Waals surface area contributed by atoms with E-state index in [2.05, 4.69) is 5.32 Å². The van der Waals surface area contributed by atoms with Gasteiger partial charge in [0.05, 0.1) is 0 Å². The Hall–Kier alpha value is -1.26. The zero-order chi connectivity index (χ0) is 10.9. The smallest absolute Gasteiger partial charge is 0.407 e. The van der Waals surface area contributed by atoms with E-state index in [0.717, 1.165) is 0 Å². The van der Waals surface area contributed by atoms with E-state index in [1.54, 1.807) is 0 Å². The van der Waals surface area contributed by atoms with Crippen molar-refractivity contribution >= 4 is 12.6 Å². The average molecular weight is 191 g/mol. The van der Waals surface area contributed by atoms with Gasteiger partial charge in [-0.3, -0.25) is 4.79 Å². The summed E-state index contributed by atoms with van der Waals surface area (Å²) in [4.78, 5) is 19.1. The van der Waals surface area contributed by atoms with Gasteiger partial charge in [-0.05, 0) is 27.7 Å². The third kappa shape index (κ3) is 18.1. The molecule has 13 heavy (non-hydrogen) atoms. The molecule has 0 saturated heterocycles. The number of nitrogens with one attached hydrogen (secondary N) is 1. The van der Waals surface area contributed by atoms with Gasteiger partial charge in [-0.2, -0.15) is 0 Å². The molecule has 5 nitrogen and oxygen atoms in total. The van der Waals surface area contributed by atoms with Crippen molar-refractivity contribution < 1.29 is 19.4 Å². The number of carbonyl (C=O) groups excluding carboxylic acids is 1. The Balaban J connectivity index is 0. The van der Waals surface area contributed by atoms with Gasteiger partial charge in [0.1, 0.15) is 5.60 Å². The summed E-state index contributed by atoms with van der Waals surface area (Å²) in [5.41, 5.74) is -0.390. The first-order valence-corrected chi connectivity index (χ1v) is 3.92. The van der Waals surface area contributed by atoms with E-state index in [4.69, 9.17) is 14.6 Å². The molecule has 1 amide bonds. The van der Waals surface area contributed by atoms with Crippen LogP contribution < -0.4 is 5.32 Å². The van der Waals surface area contributed by atoms with Crippen molar-refractivity contribution in [3.8, 4) is 0 Å². The molecule has 2 N–H and O–H groups in total. The normalized spacial score (nSPS) is 9.23. The van der Waals surface area contributed by atoms with Crippen LogP contribution in [0.25, 0.3) is 0 Å². The Morgan fingerprint density at radius 1 is 1.54 bits per heavy atom. The fourth-order valence-electron chi connectivity index (χ4n) is 0.459. The van der Waals surface area contributed by atoms with E-state index in [9.17, 15) is 4.79 Å². The van der Waals surface area contributed by atoms with Crippen LogP contribution in [0.3, 0.4) is 0 Å². The highest BCUT2D eigenvalue weighted by atomic mass is 16.6. The summed E-state index contributed by atoms with van der Waals surface area (Å²) in [6, 6.07) is 0. The fourth-order valence-corrected chi connectivity index (χ4v) is 0.459. The molecule has 0 bridgehead atoms. The van der Waals surface area contributed by atoms with E-state index in [-0.39, 0.29) is 18.2 Å². The molecule has 0 aliphatic heterocycles. The van der Waals surface area contributed by atoms with Crippen LogP contribution in [0.15, 0.2) is 0 Å². The minimum absolute atomic E-state index is 0.250. The molecule has 0 aromatic rings. The maximum atomic E-state index is 10.7. The monoisotopic (exact) mass is 191 g/mol. The molecule has 0 heterocycles. The van der Waals surface area contributed by atoms with Crippen LogP contribution in [0.1, 0.15) is 27.7 Å². The molecule has 78 valence electrons. The number of hydrogen-bond donors (Lipinski definition) is 2. The Kier molecular flexibility index (Phi) is 8.12. The molecule has 5 heteroatoms. The van der Waals surface area contributed by atoms with Crippen molar-refractivity contribution in [2.24, 2.45) is 0 Å². The van der Waals surface area contributed by atoms with Crippen molar-refractivity contribution in [1.82, 2.24) is 5.32 Å². The quantitative estimate of drug-likeness (QED) is 0.611. The average Bonchev–Trinajstić information content (AvgIpc) is 1.84. The minimum Gasteiger partial charge on any atom is -0.483 e. The Morgan fingerprint density at radius 3 is 2.15 bits per heavy atom. The standard InChI is InChI=1S/C7H15NO2.CH2O2/c1-5-8-6(9)10-7(2,3)4;2-1-3/h5H2,1-4H3,(H,8,9);1H,(H,2,3). The highest BCUT2D eigenvalue weighted by molar-refractivity contribution is 5.67. The third-order valence-corrected chi connectivity index (χ3v) is 0.720. The van der Waals surface area contributed by atoms with Gasteiger partial charge in [0, 0.05) is 6.54 Å². The van der Waals surface area contributed by atoms with E-state index in [1.807, 2.05) is 27.7 Å². The molecular formula is C8H17NO4. The van der Waals surface area contributed by atoms with Gasteiger partial charge >= 0.3 is 6.09 Å². The predicted molar refractivity (Wildman–Crippen MR) is 48.6 cm³/mol. The Labute approximate surface area is 78.1 Å². The lowest BCUT2D eigenvalue weighted by molar-refractivity contribution is -0.122. The highest BCUT2D eigenvalue weighted by Crippen LogP contribution is 2.05. The van der Waals surface area contributed by atoms with E-state index in [0.29, 0.717) is 6.54 Å². The number of amides is 1. The van der Waals surface area contributed by atoms with Crippen molar-refractivity contribution in [1.29, 1.82) is 0 Å². The third-order valence-electron chi connectivity index (χ3n) is 0.720. The van der Waals surface area contributed by atoms with Crippen LogP contribution in [0.4, 0.5) is 4.79 Å². The fraction of sp³-hybridized carbons (Fsp3) is 0.750.